The van der Waals surface area contributed by atoms with Gasteiger partial charge in [-0.1, -0.05) is 42.5 Å². The van der Waals surface area contributed by atoms with E-state index in [0.29, 0.717) is 17.8 Å². The van der Waals surface area contributed by atoms with E-state index in [9.17, 15) is 9.59 Å². The maximum Gasteiger partial charge on any atom is 0.319 e. The predicted molar refractivity (Wildman–Crippen MR) is 98.3 cm³/mol. The van der Waals surface area contributed by atoms with Gasteiger partial charge < -0.3 is 15.5 Å². The molecule has 2 aromatic carbocycles. The lowest BCUT2D eigenvalue weighted by molar-refractivity contribution is -0.129. The van der Waals surface area contributed by atoms with Crippen LogP contribution in [0.3, 0.4) is 0 Å². The number of carbonyl (C=O) groups is 2. The van der Waals surface area contributed by atoms with Gasteiger partial charge in [0.2, 0.25) is 5.91 Å². The van der Waals surface area contributed by atoms with Crippen molar-refractivity contribution in [2.24, 2.45) is 0 Å². The number of rotatable bonds is 4. The SMILES string of the molecule is CC(c1ccccc1)N1CC(NC(=O)Nc2ccccc2C#N)CC1=O. The van der Waals surface area contributed by atoms with Crippen molar-refractivity contribution in [2.75, 3.05) is 11.9 Å². The highest BCUT2D eigenvalue weighted by molar-refractivity contribution is 5.91. The number of carbonyl (C=O) groups excluding carboxylic acids is 2. The molecule has 3 amide bonds. The molecule has 1 aliphatic rings. The number of nitriles is 1. The minimum atomic E-state index is -0.417. The molecule has 0 bridgehead atoms. The van der Waals surface area contributed by atoms with E-state index in [1.807, 2.05) is 43.3 Å². The molecule has 2 N–H and O–H groups in total. The minimum Gasteiger partial charge on any atom is -0.334 e. The Balaban J connectivity index is 1.61. The zero-order valence-corrected chi connectivity index (χ0v) is 14.5. The summed E-state index contributed by atoms with van der Waals surface area (Å²) < 4.78 is 0. The molecule has 1 heterocycles. The van der Waals surface area contributed by atoms with Crippen molar-refractivity contribution in [3.63, 3.8) is 0 Å². The molecule has 2 atom stereocenters. The van der Waals surface area contributed by atoms with Crippen LogP contribution in [-0.2, 0) is 4.79 Å². The van der Waals surface area contributed by atoms with E-state index in [-0.39, 0.29) is 24.4 Å². The number of amides is 3. The Morgan fingerprint density at radius 3 is 2.62 bits per heavy atom. The van der Waals surface area contributed by atoms with Crippen LogP contribution < -0.4 is 10.6 Å². The van der Waals surface area contributed by atoms with Gasteiger partial charge in [-0.05, 0) is 24.6 Å². The number of urea groups is 1. The lowest BCUT2D eigenvalue weighted by Gasteiger charge is -2.25. The van der Waals surface area contributed by atoms with Crippen molar-refractivity contribution < 1.29 is 9.59 Å². The average molecular weight is 348 g/mol. The van der Waals surface area contributed by atoms with Gasteiger partial charge in [-0.25, -0.2) is 4.79 Å². The van der Waals surface area contributed by atoms with Crippen LogP contribution in [0.25, 0.3) is 0 Å². The standard InChI is InChI=1S/C20H20N4O2/c1-14(15-7-3-2-4-8-15)24-13-17(11-19(24)25)22-20(26)23-18-10-6-5-9-16(18)12-21/h2-10,14,17H,11,13H2,1H3,(H2,22,23,26). The molecule has 6 nitrogen and oxygen atoms in total. The highest BCUT2D eigenvalue weighted by Crippen LogP contribution is 2.25. The zero-order chi connectivity index (χ0) is 18.5. The van der Waals surface area contributed by atoms with Crippen LogP contribution in [0.4, 0.5) is 10.5 Å². The van der Waals surface area contributed by atoms with Crippen LogP contribution in [0.5, 0.6) is 0 Å². The molecule has 0 radical (unpaired) electrons. The molecule has 6 heteroatoms. The van der Waals surface area contributed by atoms with Crippen LogP contribution in [0, 0.1) is 11.3 Å². The Morgan fingerprint density at radius 2 is 1.88 bits per heavy atom. The van der Waals surface area contributed by atoms with Crippen LogP contribution in [0.15, 0.2) is 54.6 Å². The van der Waals surface area contributed by atoms with E-state index in [4.69, 9.17) is 5.26 Å². The second kappa shape index (κ2) is 7.70. The maximum absolute atomic E-state index is 12.4. The largest absolute Gasteiger partial charge is 0.334 e. The molecule has 2 unspecified atom stereocenters. The molecule has 2 aromatic rings. The van der Waals surface area contributed by atoms with Gasteiger partial charge in [0.15, 0.2) is 0 Å². The van der Waals surface area contributed by atoms with E-state index in [2.05, 4.69) is 10.6 Å². The number of hydrogen-bond acceptors (Lipinski definition) is 3. The van der Waals surface area contributed by atoms with Crippen LogP contribution in [0.1, 0.15) is 30.5 Å². The first kappa shape index (κ1) is 17.5. The normalized spacial score (nSPS) is 17.5. The third-order valence-corrected chi connectivity index (χ3v) is 4.54. The second-order valence-electron chi connectivity index (χ2n) is 6.29. The lowest BCUT2D eigenvalue weighted by atomic mass is 10.1. The summed E-state index contributed by atoms with van der Waals surface area (Å²) in [5.41, 5.74) is 1.91. The highest BCUT2D eigenvalue weighted by atomic mass is 16.2. The third kappa shape index (κ3) is 3.83. The molecule has 132 valence electrons. The summed E-state index contributed by atoms with van der Waals surface area (Å²) >= 11 is 0. The number of likely N-dealkylation sites (tertiary alicyclic amines) is 1. The van der Waals surface area contributed by atoms with Gasteiger partial charge in [0.25, 0.3) is 0 Å². The number of para-hydroxylation sites is 1. The first-order valence-corrected chi connectivity index (χ1v) is 8.49. The predicted octanol–water partition coefficient (Wildman–Crippen LogP) is 3.04. The molecule has 0 saturated carbocycles. The van der Waals surface area contributed by atoms with E-state index in [1.54, 1.807) is 29.2 Å². The van der Waals surface area contributed by atoms with Crippen LogP contribution in [-0.4, -0.2) is 29.4 Å². The Morgan fingerprint density at radius 1 is 1.19 bits per heavy atom. The number of benzene rings is 2. The summed E-state index contributed by atoms with van der Waals surface area (Å²) in [5, 5.41) is 14.6. The minimum absolute atomic E-state index is 0.0177. The second-order valence-corrected chi connectivity index (χ2v) is 6.29. The van der Waals surface area contributed by atoms with E-state index < -0.39 is 6.03 Å². The van der Waals surface area contributed by atoms with Crippen molar-refractivity contribution >= 4 is 17.6 Å². The Labute approximate surface area is 152 Å². The molecule has 1 saturated heterocycles. The van der Waals surface area contributed by atoms with E-state index >= 15 is 0 Å². The maximum atomic E-state index is 12.4. The van der Waals surface area contributed by atoms with Gasteiger partial charge >= 0.3 is 6.03 Å². The molecule has 26 heavy (non-hydrogen) atoms. The molecule has 1 fully saturated rings. The summed E-state index contributed by atoms with van der Waals surface area (Å²) in [7, 11) is 0. The molecule has 3 rings (SSSR count). The number of nitrogens with one attached hydrogen (secondary N) is 2. The summed E-state index contributed by atoms with van der Waals surface area (Å²) in [6.45, 7) is 2.45. The van der Waals surface area contributed by atoms with Crippen molar-refractivity contribution in [2.45, 2.75) is 25.4 Å². The summed E-state index contributed by atoms with van der Waals surface area (Å²) in [6, 6.07) is 17.9. The van der Waals surface area contributed by atoms with Gasteiger partial charge in [-0.15, -0.1) is 0 Å². The van der Waals surface area contributed by atoms with Crippen molar-refractivity contribution in [3.8, 4) is 6.07 Å². The molecule has 0 spiro atoms. The fraction of sp³-hybridized carbons (Fsp3) is 0.250. The quantitative estimate of drug-likeness (QED) is 0.890. The zero-order valence-electron chi connectivity index (χ0n) is 14.5. The molecule has 0 aromatic heterocycles. The van der Waals surface area contributed by atoms with Gasteiger partial charge in [0.1, 0.15) is 6.07 Å². The molecule has 0 aliphatic carbocycles. The summed E-state index contributed by atoms with van der Waals surface area (Å²) in [6.07, 6.45) is 0.268. The van der Waals surface area contributed by atoms with Gasteiger partial charge in [0.05, 0.1) is 23.3 Å². The average Bonchev–Trinajstić information content (AvgIpc) is 3.02. The molecular weight excluding hydrogens is 328 g/mol. The number of anilines is 1. The molecule has 1 aliphatic heterocycles. The van der Waals surface area contributed by atoms with Crippen molar-refractivity contribution in [3.05, 3.63) is 65.7 Å². The van der Waals surface area contributed by atoms with E-state index in [0.717, 1.165) is 5.56 Å². The first-order valence-electron chi connectivity index (χ1n) is 8.49. The van der Waals surface area contributed by atoms with Crippen molar-refractivity contribution in [1.82, 2.24) is 10.2 Å². The Bertz CT molecular complexity index is 844. The van der Waals surface area contributed by atoms with E-state index in [1.165, 1.54) is 0 Å². The smallest absolute Gasteiger partial charge is 0.319 e. The number of nitrogens with zero attached hydrogens (tertiary/aromatic N) is 2. The van der Waals surface area contributed by atoms with Gasteiger partial charge in [0, 0.05) is 13.0 Å². The Kier molecular flexibility index (Phi) is 5.18. The third-order valence-electron chi connectivity index (χ3n) is 4.54. The highest BCUT2D eigenvalue weighted by Gasteiger charge is 2.33. The number of hydrogen-bond donors (Lipinski definition) is 2. The Hall–Kier alpha value is -3.33. The molecular formula is C20H20N4O2. The topological polar surface area (TPSA) is 85.2 Å². The fourth-order valence-corrected chi connectivity index (χ4v) is 3.15. The van der Waals surface area contributed by atoms with Gasteiger partial charge in [-0.3, -0.25) is 4.79 Å². The first-order chi connectivity index (χ1) is 12.6. The fourth-order valence-electron chi connectivity index (χ4n) is 3.15. The van der Waals surface area contributed by atoms with Gasteiger partial charge in [-0.2, -0.15) is 5.26 Å². The van der Waals surface area contributed by atoms with Crippen LogP contribution in [0.2, 0.25) is 0 Å². The summed E-state index contributed by atoms with van der Waals surface area (Å²) in [4.78, 5) is 26.4. The monoisotopic (exact) mass is 348 g/mol. The summed E-state index contributed by atoms with van der Waals surface area (Å²) in [5.74, 6) is 0.0177. The lowest BCUT2D eigenvalue weighted by Crippen LogP contribution is -2.40. The van der Waals surface area contributed by atoms with Crippen LogP contribution >= 0.6 is 0 Å². The van der Waals surface area contributed by atoms with Crippen molar-refractivity contribution in [1.29, 1.82) is 5.26 Å².